The van der Waals surface area contributed by atoms with E-state index in [9.17, 15) is 4.79 Å². The molecule has 0 saturated carbocycles. The molecule has 2 aromatic heterocycles. The van der Waals surface area contributed by atoms with Crippen molar-refractivity contribution in [1.82, 2.24) is 19.9 Å². The van der Waals surface area contributed by atoms with Crippen LogP contribution < -0.4 is 11.3 Å². The number of aromatic amines is 2. The van der Waals surface area contributed by atoms with E-state index in [2.05, 4.69) is 19.9 Å². The summed E-state index contributed by atoms with van der Waals surface area (Å²) >= 11 is 1.42. The molecule has 0 radical (unpaired) electrons. The number of hydrogen-bond donors (Lipinski definition) is 3. The quantitative estimate of drug-likeness (QED) is 0.381. The van der Waals surface area contributed by atoms with Gasteiger partial charge in [-0.1, -0.05) is 30.0 Å². The van der Waals surface area contributed by atoms with E-state index >= 15 is 0 Å². The van der Waals surface area contributed by atoms with Crippen LogP contribution in [0.1, 0.15) is 5.56 Å². The molecule has 4 N–H and O–H groups in total. The largest absolute Gasteiger partial charge is 0.398 e. The first-order valence-corrected chi connectivity index (χ1v) is 6.62. The van der Waals surface area contributed by atoms with Crippen molar-refractivity contribution >= 4 is 28.6 Å². The summed E-state index contributed by atoms with van der Waals surface area (Å²) < 4.78 is 0. The molecule has 6 nitrogen and oxygen atoms in total. The minimum atomic E-state index is -0.217. The number of nitrogen functional groups attached to an aromatic ring is 1. The van der Waals surface area contributed by atoms with Crippen LogP contribution in [-0.4, -0.2) is 19.9 Å². The number of benzene rings is 1. The average molecular weight is 273 g/mol. The molecule has 3 rings (SSSR count). The summed E-state index contributed by atoms with van der Waals surface area (Å²) in [7, 11) is 0. The maximum absolute atomic E-state index is 11.7. The van der Waals surface area contributed by atoms with E-state index in [-0.39, 0.29) is 5.56 Å². The molecule has 0 atom stereocenters. The van der Waals surface area contributed by atoms with Crippen molar-refractivity contribution in [1.29, 1.82) is 0 Å². The molecule has 19 heavy (non-hydrogen) atoms. The van der Waals surface area contributed by atoms with E-state index < -0.39 is 0 Å². The van der Waals surface area contributed by atoms with Crippen molar-refractivity contribution in [3.8, 4) is 0 Å². The molecule has 0 spiro atoms. The SMILES string of the molecule is Nc1ccccc1CSc1nc2nc[nH]c2c(=O)[nH]1. The van der Waals surface area contributed by atoms with Gasteiger partial charge in [0.15, 0.2) is 16.3 Å². The molecule has 0 saturated heterocycles. The number of H-pyrrole nitrogens is 2. The van der Waals surface area contributed by atoms with Crippen LogP contribution in [0.4, 0.5) is 5.69 Å². The lowest BCUT2D eigenvalue weighted by atomic mass is 10.2. The Morgan fingerprint density at radius 2 is 2.16 bits per heavy atom. The number of thioether (sulfide) groups is 1. The first-order chi connectivity index (χ1) is 9.24. The van der Waals surface area contributed by atoms with Gasteiger partial charge in [0.1, 0.15) is 0 Å². The van der Waals surface area contributed by atoms with Crippen LogP contribution in [0, 0.1) is 0 Å². The average Bonchev–Trinajstić information content (AvgIpc) is 2.87. The number of hydrogen-bond acceptors (Lipinski definition) is 5. The summed E-state index contributed by atoms with van der Waals surface area (Å²) in [4.78, 5) is 25.4. The van der Waals surface area contributed by atoms with Crippen LogP contribution >= 0.6 is 11.8 Å². The van der Waals surface area contributed by atoms with Crippen LogP contribution in [-0.2, 0) is 5.75 Å². The molecule has 0 aliphatic carbocycles. The molecular formula is C12H11N5OS. The maximum atomic E-state index is 11.7. The standard InChI is InChI=1S/C12H11N5OS/c13-8-4-2-1-3-7(8)5-19-12-16-10-9(11(18)17-12)14-6-15-10/h1-4,6H,5,13H2,(H2,14,15,16,17,18). The van der Waals surface area contributed by atoms with Crippen molar-refractivity contribution in [3.63, 3.8) is 0 Å². The van der Waals surface area contributed by atoms with E-state index in [0.29, 0.717) is 22.1 Å². The Kier molecular flexibility index (Phi) is 2.96. The second-order valence-electron chi connectivity index (χ2n) is 3.96. The van der Waals surface area contributed by atoms with Crippen LogP contribution in [0.3, 0.4) is 0 Å². The van der Waals surface area contributed by atoms with Crippen molar-refractivity contribution in [3.05, 3.63) is 46.5 Å². The van der Waals surface area contributed by atoms with E-state index in [0.717, 1.165) is 11.3 Å². The monoisotopic (exact) mass is 273 g/mol. The zero-order valence-electron chi connectivity index (χ0n) is 9.88. The minimum Gasteiger partial charge on any atom is -0.398 e. The summed E-state index contributed by atoms with van der Waals surface area (Å²) in [5, 5.41) is 0.535. The fourth-order valence-corrected chi connectivity index (χ4v) is 2.57. The van der Waals surface area contributed by atoms with Gasteiger partial charge in [-0.25, -0.2) is 9.97 Å². The van der Waals surface area contributed by atoms with Gasteiger partial charge in [-0.05, 0) is 11.6 Å². The molecule has 7 heteroatoms. The van der Waals surface area contributed by atoms with Gasteiger partial charge < -0.3 is 10.7 Å². The van der Waals surface area contributed by atoms with Crippen LogP contribution in [0.25, 0.3) is 11.2 Å². The molecule has 0 amide bonds. The Bertz CT molecular complexity index is 779. The van der Waals surface area contributed by atoms with E-state index in [4.69, 9.17) is 5.73 Å². The Balaban J connectivity index is 1.86. The molecule has 0 unspecified atom stereocenters. The summed E-state index contributed by atoms with van der Waals surface area (Å²) in [6.07, 6.45) is 1.45. The summed E-state index contributed by atoms with van der Waals surface area (Å²) in [6, 6.07) is 7.62. The highest BCUT2D eigenvalue weighted by atomic mass is 32.2. The molecule has 0 fully saturated rings. The van der Waals surface area contributed by atoms with Gasteiger partial charge >= 0.3 is 0 Å². The number of imidazole rings is 1. The highest BCUT2D eigenvalue weighted by Crippen LogP contribution is 2.22. The van der Waals surface area contributed by atoms with Crippen molar-refractivity contribution in [2.24, 2.45) is 0 Å². The van der Waals surface area contributed by atoms with Crippen LogP contribution in [0.2, 0.25) is 0 Å². The third kappa shape index (κ3) is 2.32. The zero-order chi connectivity index (χ0) is 13.2. The Labute approximate surface area is 112 Å². The fourth-order valence-electron chi connectivity index (χ4n) is 1.70. The molecular weight excluding hydrogens is 262 g/mol. The summed E-state index contributed by atoms with van der Waals surface area (Å²) in [6.45, 7) is 0. The van der Waals surface area contributed by atoms with Crippen LogP contribution in [0.5, 0.6) is 0 Å². The highest BCUT2D eigenvalue weighted by molar-refractivity contribution is 7.98. The number of nitrogens with one attached hydrogen (secondary N) is 2. The predicted octanol–water partition coefficient (Wildman–Crippen LogP) is 1.52. The number of para-hydroxylation sites is 1. The summed E-state index contributed by atoms with van der Waals surface area (Å²) in [5.41, 5.74) is 8.21. The highest BCUT2D eigenvalue weighted by Gasteiger charge is 2.07. The minimum absolute atomic E-state index is 0.217. The smallest absolute Gasteiger partial charge is 0.277 e. The van der Waals surface area contributed by atoms with E-state index in [1.165, 1.54) is 18.1 Å². The second kappa shape index (κ2) is 4.77. The molecule has 0 aliphatic rings. The number of aromatic nitrogens is 4. The van der Waals surface area contributed by atoms with Gasteiger partial charge in [-0.2, -0.15) is 0 Å². The first kappa shape index (κ1) is 11.8. The van der Waals surface area contributed by atoms with Gasteiger partial charge in [-0.15, -0.1) is 0 Å². The molecule has 0 bridgehead atoms. The number of nitrogens with two attached hydrogens (primary N) is 1. The first-order valence-electron chi connectivity index (χ1n) is 5.63. The lowest BCUT2D eigenvalue weighted by Gasteiger charge is -2.04. The van der Waals surface area contributed by atoms with Crippen molar-refractivity contribution < 1.29 is 0 Å². The van der Waals surface area contributed by atoms with Crippen molar-refractivity contribution in [2.45, 2.75) is 10.9 Å². The molecule has 1 aromatic carbocycles. The molecule has 3 aromatic rings. The maximum Gasteiger partial charge on any atom is 0.277 e. The summed E-state index contributed by atoms with van der Waals surface area (Å²) in [5.74, 6) is 0.644. The van der Waals surface area contributed by atoms with Crippen LogP contribution in [0.15, 0.2) is 40.5 Å². The van der Waals surface area contributed by atoms with Gasteiger partial charge in [-0.3, -0.25) is 9.78 Å². The van der Waals surface area contributed by atoms with Gasteiger partial charge in [0.2, 0.25) is 0 Å². The van der Waals surface area contributed by atoms with E-state index in [1.807, 2.05) is 24.3 Å². The molecule has 2 heterocycles. The lowest BCUT2D eigenvalue weighted by Crippen LogP contribution is -2.09. The predicted molar refractivity (Wildman–Crippen MR) is 74.9 cm³/mol. The number of fused-ring (bicyclic) bond motifs is 1. The zero-order valence-corrected chi connectivity index (χ0v) is 10.7. The van der Waals surface area contributed by atoms with Crippen molar-refractivity contribution in [2.75, 3.05) is 5.73 Å². The normalized spacial score (nSPS) is 10.9. The van der Waals surface area contributed by atoms with Gasteiger partial charge in [0.05, 0.1) is 6.33 Å². The Hall–Kier alpha value is -2.28. The molecule has 96 valence electrons. The third-order valence-electron chi connectivity index (χ3n) is 2.69. The fraction of sp³-hybridized carbons (Fsp3) is 0.0833. The van der Waals surface area contributed by atoms with E-state index in [1.54, 1.807) is 0 Å². The number of anilines is 1. The molecule has 0 aliphatic heterocycles. The lowest BCUT2D eigenvalue weighted by molar-refractivity contribution is 0.964. The number of nitrogens with zero attached hydrogens (tertiary/aromatic N) is 2. The van der Waals surface area contributed by atoms with Gasteiger partial charge in [0.25, 0.3) is 5.56 Å². The number of rotatable bonds is 3. The Morgan fingerprint density at radius 1 is 1.32 bits per heavy atom. The second-order valence-corrected chi connectivity index (χ2v) is 4.92. The third-order valence-corrected chi connectivity index (χ3v) is 3.62. The topological polar surface area (TPSA) is 100 Å². The van der Waals surface area contributed by atoms with Gasteiger partial charge in [0, 0.05) is 11.4 Å². The Morgan fingerprint density at radius 3 is 3.00 bits per heavy atom.